The summed E-state index contributed by atoms with van der Waals surface area (Å²) in [5, 5.41) is 3.90. The van der Waals surface area contributed by atoms with Crippen LogP contribution in [0.3, 0.4) is 0 Å². The molecule has 2 heterocycles. The molecule has 2 aromatic heterocycles. The third-order valence-electron chi connectivity index (χ3n) is 2.68. The quantitative estimate of drug-likeness (QED) is 0.761. The van der Waals surface area contributed by atoms with Crippen LogP contribution in [0.1, 0.15) is 0 Å². The number of ether oxygens (including phenoxy) is 1. The van der Waals surface area contributed by atoms with Gasteiger partial charge in [-0.25, -0.2) is 9.37 Å². The standard InChI is InChI=1S/C12H10FN7O/c1-21-7-2-3-8(9(13)4-7)10-17-11(14)19-12(18-10)20-6-15-5-16-20/h2-6H,1H3,(H2,14,17,18,19). The highest BCUT2D eigenvalue weighted by atomic mass is 19.1. The van der Waals surface area contributed by atoms with E-state index in [1.54, 1.807) is 6.07 Å². The molecule has 0 radical (unpaired) electrons. The molecule has 0 saturated heterocycles. The van der Waals surface area contributed by atoms with E-state index in [9.17, 15) is 4.39 Å². The molecule has 9 heteroatoms. The van der Waals surface area contributed by atoms with E-state index in [2.05, 4.69) is 25.0 Å². The Morgan fingerprint density at radius 2 is 2.10 bits per heavy atom. The number of rotatable bonds is 3. The number of anilines is 1. The Labute approximate surface area is 118 Å². The Morgan fingerprint density at radius 3 is 2.76 bits per heavy atom. The lowest BCUT2D eigenvalue weighted by molar-refractivity contribution is 0.411. The molecule has 0 saturated carbocycles. The fraction of sp³-hybridized carbons (Fsp3) is 0.0833. The lowest BCUT2D eigenvalue weighted by atomic mass is 10.2. The van der Waals surface area contributed by atoms with Crippen LogP contribution in [-0.4, -0.2) is 36.8 Å². The predicted molar refractivity (Wildman–Crippen MR) is 71.1 cm³/mol. The first kappa shape index (κ1) is 12.9. The molecule has 0 bridgehead atoms. The van der Waals surface area contributed by atoms with Gasteiger partial charge < -0.3 is 10.5 Å². The Balaban J connectivity index is 2.10. The first-order chi connectivity index (χ1) is 10.2. The van der Waals surface area contributed by atoms with E-state index in [-0.39, 0.29) is 23.3 Å². The van der Waals surface area contributed by atoms with E-state index in [1.165, 1.54) is 36.6 Å². The van der Waals surface area contributed by atoms with Crippen molar-refractivity contribution in [2.24, 2.45) is 0 Å². The van der Waals surface area contributed by atoms with Crippen LogP contribution in [-0.2, 0) is 0 Å². The highest BCUT2D eigenvalue weighted by molar-refractivity contribution is 5.58. The van der Waals surface area contributed by atoms with Crippen LogP contribution in [0.15, 0.2) is 30.9 Å². The molecule has 0 unspecified atom stereocenters. The second-order valence-electron chi connectivity index (χ2n) is 4.00. The van der Waals surface area contributed by atoms with Crippen LogP contribution < -0.4 is 10.5 Å². The lowest BCUT2D eigenvalue weighted by Gasteiger charge is -2.06. The highest BCUT2D eigenvalue weighted by Gasteiger charge is 2.13. The number of nitrogen functional groups attached to an aromatic ring is 1. The Morgan fingerprint density at radius 1 is 1.24 bits per heavy atom. The van der Waals surface area contributed by atoms with Gasteiger partial charge in [-0.2, -0.15) is 24.7 Å². The molecule has 0 amide bonds. The number of methoxy groups -OCH3 is 1. The van der Waals surface area contributed by atoms with Crippen molar-refractivity contribution in [3.63, 3.8) is 0 Å². The summed E-state index contributed by atoms with van der Waals surface area (Å²) in [5.74, 6) is 0.0957. The molecule has 0 aliphatic rings. The van der Waals surface area contributed by atoms with Gasteiger partial charge in [-0.15, -0.1) is 0 Å². The van der Waals surface area contributed by atoms with E-state index in [0.29, 0.717) is 5.75 Å². The minimum Gasteiger partial charge on any atom is -0.497 e. The fourth-order valence-electron chi connectivity index (χ4n) is 1.72. The molecule has 3 aromatic rings. The fourth-order valence-corrected chi connectivity index (χ4v) is 1.72. The normalized spacial score (nSPS) is 10.6. The maximum Gasteiger partial charge on any atom is 0.257 e. The zero-order chi connectivity index (χ0) is 14.8. The van der Waals surface area contributed by atoms with Gasteiger partial charge >= 0.3 is 0 Å². The zero-order valence-electron chi connectivity index (χ0n) is 10.9. The van der Waals surface area contributed by atoms with Crippen molar-refractivity contribution in [3.8, 4) is 23.1 Å². The summed E-state index contributed by atoms with van der Waals surface area (Å²) < 4.78 is 20.3. The Hall–Kier alpha value is -3.10. The summed E-state index contributed by atoms with van der Waals surface area (Å²) in [5.41, 5.74) is 5.82. The van der Waals surface area contributed by atoms with Crippen molar-refractivity contribution < 1.29 is 9.13 Å². The van der Waals surface area contributed by atoms with Gasteiger partial charge in [-0.1, -0.05) is 0 Å². The van der Waals surface area contributed by atoms with Crippen LogP contribution in [0.5, 0.6) is 5.75 Å². The smallest absolute Gasteiger partial charge is 0.257 e. The molecular weight excluding hydrogens is 277 g/mol. The van der Waals surface area contributed by atoms with Crippen LogP contribution in [0.2, 0.25) is 0 Å². The minimum atomic E-state index is -0.524. The number of nitrogens with zero attached hydrogens (tertiary/aromatic N) is 6. The second-order valence-corrected chi connectivity index (χ2v) is 4.00. The molecule has 2 N–H and O–H groups in total. The van der Waals surface area contributed by atoms with Gasteiger partial charge in [-0.3, -0.25) is 0 Å². The number of aromatic nitrogens is 6. The Kier molecular flexibility index (Phi) is 3.14. The van der Waals surface area contributed by atoms with Gasteiger partial charge in [-0.05, 0) is 12.1 Å². The van der Waals surface area contributed by atoms with Crippen molar-refractivity contribution >= 4 is 5.95 Å². The summed E-state index contributed by atoms with van der Waals surface area (Å²) in [6.07, 6.45) is 2.73. The van der Waals surface area contributed by atoms with Crippen LogP contribution in [0.4, 0.5) is 10.3 Å². The third kappa shape index (κ3) is 2.48. The van der Waals surface area contributed by atoms with Gasteiger partial charge in [0, 0.05) is 6.07 Å². The predicted octanol–water partition coefficient (Wildman–Crippen LogP) is 0.849. The highest BCUT2D eigenvalue weighted by Crippen LogP contribution is 2.24. The van der Waals surface area contributed by atoms with E-state index in [4.69, 9.17) is 10.5 Å². The molecule has 0 fully saturated rings. The number of nitrogens with two attached hydrogens (primary N) is 1. The van der Waals surface area contributed by atoms with Crippen molar-refractivity contribution in [2.45, 2.75) is 0 Å². The number of benzene rings is 1. The maximum atomic E-state index is 14.1. The summed E-state index contributed by atoms with van der Waals surface area (Å²) in [6, 6.07) is 4.35. The minimum absolute atomic E-state index is 0.0410. The maximum absolute atomic E-state index is 14.1. The first-order valence-corrected chi connectivity index (χ1v) is 5.88. The number of hydrogen-bond acceptors (Lipinski definition) is 7. The van der Waals surface area contributed by atoms with E-state index in [0.717, 1.165) is 0 Å². The summed E-state index contributed by atoms with van der Waals surface area (Å²) in [6.45, 7) is 0. The van der Waals surface area contributed by atoms with E-state index < -0.39 is 5.82 Å². The van der Waals surface area contributed by atoms with E-state index in [1.807, 2.05) is 0 Å². The van der Waals surface area contributed by atoms with Gasteiger partial charge in [0.15, 0.2) is 5.82 Å². The molecular formula is C12H10FN7O. The van der Waals surface area contributed by atoms with Crippen LogP contribution >= 0.6 is 0 Å². The van der Waals surface area contributed by atoms with Crippen molar-refractivity contribution in [1.82, 2.24) is 29.7 Å². The molecule has 0 spiro atoms. The molecule has 3 rings (SSSR count). The van der Waals surface area contributed by atoms with Gasteiger partial charge in [0.1, 0.15) is 24.2 Å². The summed E-state index contributed by atoms with van der Waals surface area (Å²) >= 11 is 0. The van der Waals surface area contributed by atoms with Crippen molar-refractivity contribution in [3.05, 3.63) is 36.7 Å². The average Bonchev–Trinajstić information content (AvgIpc) is 3.00. The van der Waals surface area contributed by atoms with Gasteiger partial charge in [0.25, 0.3) is 5.95 Å². The SMILES string of the molecule is COc1ccc(-c2nc(N)nc(-n3cncn3)n2)c(F)c1. The van der Waals surface area contributed by atoms with Crippen LogP contribution in [0.25, 0.3) is 17.3 Å². The third-order valence-corrected chi connectivity index (χ3v) is 2.68. The topological polar surface area (TPSA) is 105 Å². The second kappa shape index (κ2) is 5.12. The average molecular weight is 287 g/mol. The van der Waals surface area contributed by atoms with Crippen molar-refractivity contribution in [2.75, 3.05) is 12.8 Å². The first-order valence-electron chi connectivity index (χ1n) is 5.88. The number of halogens is 1. The van der Waals surface area contributed by atoms with Gasteiger partial charge in [0.2, 0.25) is 5.95 Å². The summed E-state index contributed by atoms with van der Waals surface area (Å²) in [4.78, 5) is 15.8. The van der Waals surface area contributed by atoms with Gasteiger partial charge in [0.05, 0.1) is 12.7 Å². The van der Waals surface area contributed by atoms with Crippen molar-refractivity contribution in [1.29, 1.82) is 0 Å². The monoisotopic (exact) mass is 287 g/mol. The molecule has 1 aromatic carbocycles. The Bertz CT molecular complexity index is 775. The summed E-state index contributed by atoms with van der Waals surface area (Å²) in [7, 11) is 1.46. The lowest BCUT2D eigenvalue weighted by Crippen LogP contribution is -2.08. The molecule has 8 nitrogen and oxygen atoms in total. The van der Waals surface area contributed by atoms with Crippen LogP contribution in [0, 0.1) is 5.82 Å². The molecule has 106 valence electrons. The molecule has 0 atom stereocenters. The van der Waals surface area contributed by atoms with E-state index >= 15 is 0 Å². The zero-order valence-corrected chi connectivity index (χ0v) is 10.9. The molecule has 0 aliphatic carbocycles. The largest absolute Gasteiger partial charge is 0.497 e. The molecule has 0 aliphatic heterocycles. The number of hydrogen-bond donors (Lipinski definition) is 1. The molecule has 21 heavy (non-hydrogen) atoms.